The summed E-state index contributed by atoms with van der Waals surface area (Å²) in [5, 5.41) is 15.3. The quantitative estimate of drug-likeness (QED) is 0.363. The number of ether oxygens (including phenoxy) is 1. The monoisotopic (exact) mass is 540 g/mol. The number of carbonyl (C=O) groups is 4. The largest absolute Gasteiger partial charge is 0.444 e. The number of aryl methyl sites for hydroxylation is 4. The number of hydrogen-bond donors (Lipinski definition) is 4. The molecule has 2 atom stereocenters. The van der Waals surface area contributed by atoms with E-state index in [4.69, 9.17) is 10.5 Å². The molecule has 212 valence electrons. The molecule has 2 unspecified atom stereocenters. The topological polar surface area (TPSA) is 151 Å². The van der Waals surface area contributed by atoms with Gasteiger partial charge in [0.1, 0.15) is 17.7 Å². The van der Waals surface area contributed by atoms with Gasteiger partial charge in [0.2, 0.25) is 11.8 Å². The normalized spacial score (nSPS) is 12.7. The van der Waals surface area contributed by atoms with Gasteiger partial charge in [0.25, 0.3) is 5.91 Å². The Morgan fingerprint density at radius 2 is 1.56 bits per heavy atom. The Bertz CT molecular complexity index is 1180. The molecule has 0 aliphatic heterocycles. The number of para-hydroxylation sites is 1. The Kier molecular flexibility index (Phi) is 10.6. The number of nitrogens with one attached hydrogen (secondary N) is 2. The number of aliphatic hydroxyl groups excluding tert-OH is 1. The van der Waals surface area contributed by atoms with Crippen molar-refractivity contribution < 1.29 is 29.0 Å². The predicted octanol–water partition coefficient (Wildman–Crippen LogP) is 3.19. The van der Waals surface area contributed by atoms with Crippen LogP contribution < -0.4 is 16.4 Å². The predicted molar refractivity (Wildman–Crippen MR) is 149 cm³/mol. The molecule has 0 aliphatic carbocycles. The second-order valence-electron chi connectivity index (χ2n) is 10.7. The van der Waals surface area contributed by atoms with E-state index < -0.39 is 54.5 Å². The molecule has 0 fully saturated rings. The van der Waals surface area contributed by atoms with E-state index in [-0.39, 0.29) is 6.54 Å². The minimum Gasteiger partial charge on any atom is -0.444 e. The van der Waals surface area contributed by atoms with Crippen LogP contribution in [-0.2, 0) is 19.1 Å². The first kappa shape index (κ1) is 31.3. The van der Waals surface area contributed by atoms with Gasteiger partial charge in [-0.05, 0) is 65.2 Å². The smallest absolute Gasteiger partial charge is 0.408 e. The number of rotatable bonds is 10. The summed E-state index contributed by atoms with van der Waals surface area (Å²) in [7, 11) is 0. The molecule has 2 aromatic carbocycles. The highest BCUT2D eigenvalue weighted by molar-refractivity contribution is 6.00. The van der Waals surface area contributed by atoms with Crippen molar-refractivity contribution in [2.24, 2.45) is 5.73 Å². The van der Waals surface area contributed by atoms with E-state index in [0.29, 0.717) is 11.3 Å². The van der Waals surface area contributed by atoms with Crippen molar-refractivity contribution in [2.45, 2.75) is 72.6 Å². The van der Waals surface area contributed by atoms with Gasteiger partial charge in [-0.2, -0.15) is 0 Å². The second-order valence-corrected chi connectivity index (χ2v) is 10.7. The van der Waals surface area contributed by atoms with Crippen LogP contribution in [-0.4, -0.2) is 58.6 Å². The molecule has 10 heteroatoms. The molecule has 0 spiro atoms. The average molecular weight is 541 g/mol. The van der Waals surface area contributed by atoms with Gasteiger partial charge in [-0.1, -0.05) is 47.5 Å². The number of amides is 4. The molecule has 4 amide bonds. The van der Waals surface area contributed by atoms with E-state index in [2.05, 4.69) is 10.6 Å². The number of benzene rings is 2. The maximum absolute atomic E-state index is 13.9. The highest BCUT2D eigenvalue weighted by atomic mass is 16.6. The van der Waals surface area contributed by atoms with Crippen LogP contribution in [0.2, 0.25) is 0 Å². The number of anilines is 1. The first-order chi connectivity index (χ1) is 18.1. The van der Waals surface area contributed by atoms with Crippen molar-refractivity contribution in [1.29, 1.82) is 0 Å². The summed E-state index contributed by atoms with van der Waals surface area (Å²) >= 11 is 0. The Labute approximate surface area is 229 Å². The molecule has 39 heavy (non-hydrogen) atoms. The van der Waals surface area contributed by atoms with Crippen molar-refractivity contribution >= 4 is 29.5 Å². The van der Waals surface area contributed by atoms with Gasteiger partial charge in [0.05, 0.1) is 13.0 Å². The van der Waals surface area contributed by atoms with Crippen molar-refractivity contribution in [3.8, 4) is 0 Å². The lowest BCUT2D eigenvalue weighted by molar-refractivity contribution is -0.142. The minimum absolute atomic E-state index is 0.248. The van der Waals surface area contributed by atoms with Gasteiger partial charge in [-0.15, -0.1) is 0 Å². The highest BCUT2D eigenvalue weighted by Crippen LogP contribution is 2.28. The van der Waals surface area contributed by atoms with Crippen LogP contribution in [0.25, 0.3) is 0 Å². The molecule has 0 bridgehead atoms. The third kappa shape index (κ3) is 9.10. The third-order valence-corrected chi connectivity index (χ3v) is 5.87. The van der Waals surface area contributed by atoms with Crippen LogP contribution in [0.15, 0.2) is 36.4 Å². The average Bonchev–Trinajstić information content (AvgIpc) is 2.78. The molecule has 0 radical (unpaired) electrons. The Morgan fingerprint density at radius 3 is 2.05 bits per heavy atom. The molecule has 10 nitrogen and oxygen atoms in total. The number of nitrogens with two attached hydrogens (primary N) is 1. The standard InChI is InChI=1S/C29H40N4O6/c1-17-13-18(2)15-21(14-17)25(26(36)32-24-19(3)9-8-10-20(24)4)33(11-12-34)27(37)22(16-23(30)35)31-28(38)39-29(5,6)7/h8-10,13-15,22,25,34H,11-12,16H2,1-7H3,(H2,30,35)(H,31,38)(H,32,36). The summed E-state index contributed by atoms with van der Waals surface area (Å²) in [5.74, 6) is -2.12. The molecule has 5 N–H and O–H groups in total. The van der Waals surface area contributed by atoms with Gasteiger partial charge in [-0.3, -0.25) is 14.4 Å². The van der Waals surface area contributed by atoms with E-state index in [1.165, 1.54) is 0 Å². The third-order valence-electron chi connectivity index (χ3n) is 5.87. The van der Waals surface area contributed by atoms with Crippen molar-refractivity contribution in [3.63, 3.8) is 0 Å². The number of alkyl carbamates (subject to hydrolysis) is 1. The zero-order valence-electron chi connectivity index (χ0n) is 23.8. The van der Waals surface area contributed by atoms with Gasteiger partial charge < -0.3 is 31.1 Å². The lowest BCUT2D eigenvalue weighted by atomic mass is 9.97. The Balaban J connectivity index is 2.60. The maximum Gasteiger partial charge on any atom is 0.408 e. The lowest BCUT2D eigenvalue weighted by Gasteiger charge is -2.34. The van der Waals surface area contributed by atoms with E-state index in [9.17, 15) is 24.3 Å². The SMILES string of the molecule is Cc1cc(C)cc(C(C(=O)Nc2c(C)cccc2C)N(CCO)C(=O)C(CC(N)=O)NC(=O)OC(C)(C)C)c1. The molecular weight excluding hydrogens is 500 g/mol. The van der Waals surface area contributed by atoms with Crippen LogP contribution >= 0.6 is 0 Å². The van der Waals surface area contributed by atoms with Crippen LogP contribution in [0.1, 0.15) is 61.1 Å². The second kappa shape index (κ2) is 13.2. The Morgan fingerprint density at radius 1 is 1.00 bits per heavy atom. The first-order valence-corrected chi connectivity index (χ1v) is 12.8. The first-order valence-electron chi connectivity index (χ1n) is 12.8. The van der Waals surface area contributed by atoms with Crippen LogP contribution in [0, 0.1) is 27.7 Å². The van der Waals surface area contributed by atoms with Gasteiger partial charge >= 0.3 is 6.09 Å². The summed E-state index contributed by atoms with van der Waals surface area (Å²) in [6.45, 7) is 11.7. The number of hydrogen-bond acceptors (Lipinski definition) is 6. The highest BCUT2D eigenvalue weighted by Gasteiger charge is 2.37. The molecule has 0 saturated carbocycles. The van der Waals surface area contributed by atoms with Gasteiger partial charge in [0.15, 0.2) is 0 Å². The van der Waals surface area contributed by atoms with Crippen molar-refractivity contribution in [1.82, 2.24) is 10.2 Å². The lowest BCUT2D eigenvalue weighted by Crippen LogP contribution is -2.54. The van der Waals surface area contributed by atoms with E-state index >= 15 is 0 Å². The number of nitrogens with zero attached hydrogens (tertiary/aromatic N) is 1. The van der Waals surface area contributed by atoms with Crippen LogP contribution in [0.5, 0.6) is 0 Å². The number of aliphatic hydroxyl groups is 1. The summed E-state index contributed by atoms with van der Waals surface area (Å²) < 4.78 is 5.27. The minimum atomic E-state index is -1.43. The molecule has 0 aromatic heterocycles. The van der Waals surface area contributed by atoms with Crippen LogP contribution in [0.3, 0.4) is 0 Å². The van der Waals surface area contributed by atoms with Crippen molar-refractivity contribution in [2.75, 3.05) is 18.5 Å². The number of primary amides is 1. The zero-order chi connectivity index (χ0) is 29.5. The molecule has 0 heterocycles. The summed E-state index contributed by atoms with van der Waals surface area (Å²) in [4.78, 5) is 53.4. The molecule has 2 aromatic rings. The summed E-state index contributed by atoms with van der Waals surface area (Å²) in [5.41, 5.74) is 9.06. The molecule has 0 aliphatic rings. The zero-order valence-corrected chi connectivity index (χ0v) is 23.8. The maximum atomic E-state index is 13.9. The van der Waals surface area contributed by atoms with E-state index in [1.807, 2.05) is 52.0 Å². The van der Waals surface area contributed by atoms with Crippen LogP contribution in [0.4, 0.5) is 10.5 Å². The fourth-order valence-electron chi connectivity index (χ4n) is 4.37. The van der Waals surface area contributed by atoms with E-state index in [0.717, 1.165) is 27.2 Å². The molecular formula is C29H40N4O6. The van der Waals surface area contributed by atoms with Crippen molar-refractivity contribution in [3.05, 3.63) is 64.2 Å². The molecule has 2 rings (SSSR count). The van der Waals surface area contributed by atoms with Gasteiger partial charge in [-0.25, -0.2) is 4.79 Å². The fourth-order valence-corrected chi connectivity index (χ4v) is 4.37. The van der Waals surface area contributed by atoms with Gasteiger partial charge in [0, 0.05) is 12.2 Å². The Hall–Kier alpha value is -3.92. The molecule has 0 saturated heterocycles. The fraction of sp³-hybridized carbons (Fsp3) is 0.448. The number of carbonyl (C=O) groups excluding carboxylic acids is 4. The summed E-state index contributed by atoms with van der Waals surface area (Å²) in [6.07, 6.45) is -1.45. The van der Waals surface area contributed by atoms with E-state index in [1.54, 1.807) is 32.9 Å². The summed E-state index contributed by atoms with van der Waals surface area (Å²) in [6, 6.07) is 8.47.